The zero-order chi connectivity index (χ0) is 19.6. The molecule has 1 atom stereocenters. The molecule has 27 heavy (non-hydrogen) atoms. The lowest BCUT2D eigenvalue weighted by molar-refractivity contribution is 0.0473. The van der Waals surface area contributed by atoms with Crippen LogP contribution in [0.2, 0.25) is 5.02 Å². The van der Waals surface area contributed by atoms with Crippen molar-refractivity contribution in [2.45, 2.75) is 37.9 Å². The van der Waals surface area contributed by atoms with Gasteiger partial charge in [-0.25, -0.2) is 12.7 Å². The molecule has 0 aromatic heterocycles. The van der Waals surface area contributed by atoms with Crippen LogP contribution in [0, 0.1) is 0 Å². The summed E-state index contributed by atoms with van der Waals surface area (Å²) in [6.45, 7) is 1.82. The van der Waals surface area contributed by atoms with E-state index < -0.39 is 16.1 Å². The van der Waals surface area contributed by atoms with Crippen LogP contribution < -0.4 is 4.74 Å². The molecule has 2 heterocycles. The van der Waals surface area contributed by atoms with Gasteiger partial charge in [0.15, 0.2) is 0 Å². The predicted molar refractivity (Wildman–Crippen MR) is 103 cm³/mol. The van der Waals surface area contributed by atoms with Gasteiger partial charge in [0.25, 0.3) is 5.91 Å². The molecule has 0 spiro atoms. The van der Waals surface area contributed by atoms with Crippen molar-refractivity contribution in [3.05, 3.63) is 28.8 Å². The first-order valence-electron chi connectivity index (χ1n) is 9.12. The Labute approximate surface area is 164 Å². The highest BCUT2D eigenvalue weighted by Crippen LogP contribution is 2.29. The molecular formula is C18H25ClN2O5S. The number of sulfonamides is 1. The Bertz CT molecular complexity index is 793. The fourth-order valence-corrected chi connectivity index (χ4v) is 4.61. The minimum absolute atomic E-state index is 0.112. The number of amides is 1. The summed E-state index contributed by atoms with van der Waals surface area (Å²) in [5.41, 5.74) is 0.466. The molecule has 7 nitrogen and oxygen atoms in total. The monoisotopic (exact) mass is 416 g/mol. The maximum absolute atomic E-state index is 12.6. The molecule has 1 unspecified atom stereocenters. The molecule has 2 fully saturated rings. The number of β-amino-alcohol motifs (C(OH)–C–C–N with tert-alkyl or cyclic N) is 1. The van der Waals surface area contributed by atoms with Gasteiger partial charge in [0.1, 0.15) is 11.9 Å². The number of carbonyl (C=O) groups is 1. The van der Waals surface area contributed by atoms with Crippen molar-refractivity contribution in [3.8, 4) is 5.75 Å². The Kier molecular flexibility index (Phi) is 6.30. The summed E-state index contributed by atoms with van der Waals surface area (Å²) in [6, 6.07) is 4.95. The van der Waals surface area contributed by atoms with Crippen LogP contribution in [0.25, 0.3) is 0 Å². The average Bonchev–Trinajstić information content (AvgIpc) is 2.62. The van der Waals surface area contributed by atoms with E-state index in [-0.39, 0.29) is 12.0 Å². The van der Waals surface area contributed by atoms with Gasteiger partial charge in [-0.1, -0.05) is 11.6 Å². The van der Waals surface area contributed by atoms with Gasteiger partial charge in [-0.2, -0.15) is 0 Å². The molecule has 0 bridgehead atoms. The molecule has 1 N–H and O–H groups in total. The number of likely N-dealkylation sites (tertiary alicyclic amines) is 1. The van der Waals surface area contributed by atoms with Crippen molar-refractivity contribution in [2.75, 3.05) is 32.4 Å². The second kappa shape index (κ2) is 8.34. The normalized spacial score (nSPS) is 22.6. The summed E-state index contributed by atoms with van der Waals surface area (Å²) >= 11 is 6.31. The quantitative estimate of drug-likeness (QED) is 0.807. The number of benzene rings is 1. The minimum Gasteiger partial charge on any atom is -0.489 e. The number of aliphatic hydroxyl groups excluding tert-OH is 1. The maximum atomic E-state index is 12.6. The van der Waals surface area contributed by atoms with E-state index in [0.29, 0.717) is 55.4 Å². The highest BCUT2D eigenvalue weighted by Gasteiger charge is 2.27. The third kappa shape index (κ3) is 5.13. The predicted octanol–water partition coefficient (Wildman–Crippen LogP) is 1.74. The third-order valence-corrected chi connectivity index (χ3v) is 6.62. The summed E-state index contributed by atoms with van der Waals surface area (Å²) in [5, 5.41) is 10.1. The van der Waals surface area contributed by atoms with Crippen LogP contribution in [0.3, 0.4) is 0 Å². The number of halogens is 1. The molecule has 1 aromatic rings. The zero-order valence-electron chi connectivity index (χ0n) is 15.3. The van der Waals surface area contributed by atoms with Gasteiger partial charge in [0, 0.05) is 31.7 Å². The van der Waals surface area contributed by atoms with Crippen LogP contribution in [-0.2, 0) is 10.0 Å². The van der Waals surface area contributed by atoms with Crippen LogP contribution in [0.5, 0.6) is 5.75 Å². The molecule has 0 aliphatic carbocycles. The highest BCUT2D eigenvalue weighted by molar-refractivity contribution is 7.88. The highest BCUT2D eigenvalue weighted by atomic mass is 35.5. The number of aliphatic hydroxyl groups is 1. The van der Waals surface area contributed by atoms with Gasteiger partial charge in [-0.15, -0.1) is 0 Å². The van der Waals surface area contributed by atoms with Gasteiger partial charge in [0.2, 0.25) is 10.0 Å². The fourth-order valence-electron chi connectivity index (χ4n) is 3.51. The van der Waals surface area contributed by atoms with E-state index in [1.54, 1.807) is 23.1 Å². The number of nitrogens with zero attached hydrogens (tertiary/aromatic N) is 2. The number of ether oxygens (including phenoxy) is 1. The lowest BCUT2D eigenvalue weighted by Gasteiger charge is -2.31. The molecule has 150 valence electrons. The number of hydrogen-bond donors (Lipinski definition) is 1. The summed E-state index contributed by atoms with van der Waals surface area (Å²) in [4.78, 5) is 14.2. The molecule has 9 heteroatoms. The van der Waals surface area contributed by atoms with E-state index in [4.69, 9.17) is 16.3 Å². The van der Waals surface area contributed by atoms with Gasteiger partial charge in [-0.3, -0.25) is 4.79 Å². The standard InChI is InChI=1S/C18H25ClN2O5S/c1-27(24,25)21-9-6-15(7-10-21)26-17-5-4-13(11-16(17)19)18(23)20-8-2-3-14(22)12-20/h4-5,11,14-15,22H,2-3,6-10,12H2,1H3. The van der Waals surface area contributed by atoms with Crippen LogP contribution in [0.1, 0.15) is 36.0 Å². The Morgan fingerprint density at radius 1 is 1.22 bits per heavy atom. The molecule has 3 rings (SSSR count). The summed E-state index contributed by atoms with van der Waals surface area (Å²) in [6.07, 6.45) is 3.31. The van der Waals surface area contributed by atoms with Crippen molar-refractivity contribution >= 4 is 27.5 Å². The largest absolute Gasteiger partial charge is 0.489 e. The minimum atomic E-state index is -3.17. The second-order valence-corrected chi connectivity index (χ2v) is 9.56. The molecular weight excluding hydrogens is 392 g/mol. The molecule has 2 aliphatic rings. The molecule has 0 radical (unpaired) electrons. The number of piperidine rings is 2. The SMILES string of the molecule is CS(=O)(=O)N1CCC(Oc2ccc(C(=O)N3CCCC(O)C3)cc2Cl)CC1. The zero-order valence-corrected chi connectivity index (χ0v) is 16.9. The molecule has 2 aliphatic heterocycles. The maximum Gasteiger partial charge on any atom is 0.253 e. The van der Waals surface area contributed by atoms with Crippen molar-refractivity contribution in [1.82, 2.24) is 9.21 Å². The second-order valence-electron chi connectivity index (χ2n) is 7.17. The van der Waals surface area contributed by atoms with Crippen LogP contribution in [-0.4, -0.2) is 73.3 Å². The Balaban J connectivity index is 1.61. The van der Waals surface area contributed by atoms with E-state index in [9.17, 15) is 18.3 Å². The molecule has 2 saturated heterocycles. The lowest BCUT2D eigenvalue weighted by atomic mass is 10.1. The van der Waals surface area contributed by atoms with E-state index in [1.807, 2.05) is 0 Å². The van der Waals surface area contributed by atoms with E-state index in [2.05, 4.69) is 0 Å². The van der Waals surface area contributed by atoms with E-state index in [0.717, 1.165) is 12.8 Å². The number of hydrogen-bond acceptors (Lipinski definition) is 5. The van der Waals surface area contributed by atoms with Gasteiger partial charge in [0.05, 0.1) is 17.4 Å². The molecule has 1 aromatic carbocycles. The Morgan fingerprint density at radius 3 is 2.52 bits per heavy atom. The molecule has 1 amide bonds. The van der Waals surface area contributed by atoms with Crippen molar-refractivity contribution in [1.29, 1.82) is 0 Å². The van der Waals surface area contributed by atoms with Crippen molar-refractivity contribution in [2.24, 2.45) is 0 Å². The topological polar surface area (TPSA) is 87.2 Å². The first-order valence-corrected chi connectivity index (χ1v) is 11.4. The Morgan fingerprint density at radius 2 is 1.93 bits per heavy atom. The van der Waals surface area contributed by atoms with E-state index >= 15 is 0 Å². The first kappa shape index (κ1) is 20.4. The smallest absolute Gasteiger partial charge is 0.253 e. The number of carbonyl (C=O) groups excluding carboxylic acids is 1. The summed E-state index contributed by atoms with van der Waals surface area (Å²) < 4.78 is 30.5. The number of rotatable bonds is 4. The molecule has 0 saturated carbocycles. The van der Waals surface area contributed by atoms with E-state index in [1.165, 1.54) is 10.6 Å². The van der Waals surface area contributed by atoms with Gasteiger partial charge >= 0.3 is 0 Å². The fraction of sp³-hybridized carbons (Fsp3) is 0.611. The van der Waals surface area contributed by atoms with Crippen molar-refractivity contribution in [3.63, 3.8) is 0 Å². The van der Waals surface area contributed by atoms with Gasteiger partial charge in [-0.05, 0) is 43.9 Å². The van der Waals surface area contributed by atoms with Gasteiger partial charge < -0.3 is 14.7 Å². The average molecular weight is 417 g/mol. The van der Waals surface area contributed by atoms with Crippen LogP contribution in [0.4, 0.5) is 0 Å². The third-order valence-electron chi connectivity index (χ3n) is 5.03. The van der Waals surface area contributed by atoms with Crippen LogP contribution >= 0.6 is 11.6 Å². The van der Waals surface area contributed by atoms with Crippen molar-refractivity contribution < 1.29 is 23.1 Å². The summed E-state index contributed by atoms with van der Waals surface area (Å²) in [5.74, 6) is 0.341. The van der Waals surface area contributed by atoms with Crippen LogP contribution in [0.15, 0.2) is 18.2 Å². The Hall–Kier alpha value is -1.35. The lowest BCUT2D eigenvalue weighted by Crippen LogP contribution is -2.42. The summed E-state index contributed by atoms with van der Waals surface area (Å²) in [7, 11) is -3.17. The first-order chi connectivity index (χ1) is 12.7.